The Hall–Kier alpha value is -3.35. The van der Waals surface area contributed by atoms with Gasteiger partial charge in [-0.1, -0.05) is 0 Å². The quantitative estimate of drug-likeness (QED) is 0.780. The minimum atomic E-state index is -0.275. The molecule has 3 rings (SSSR count). The summed E-state index contributed by atoms with van der Waals surface area (Å²) in [5.74, 6) is 1.58. The van der Waals surface area contributed by atoms with Crippen LogP contribution in [0.1, 0.15) is 10.4 Å². The number of imidazole rings is 1. The molecule has 3 aromatic rings. The minimum absolute atomic E-state index is 0.275. The van der Waals surface area contributed by atoms with Crippen molar-refractivity contribution in [2.24, 2.45) is 0 Å². The van der Waals surface area contributed by atoms with Gasteiger partial charge in [0.15, 0.2) is 0 Å². The standard InChI is InChI=1S/C17H16N4O3/c1-23-13-4-5-14(15(9-13)24-2)20-17(22)12-3-6-16(19-10-12)21-8-7-18-11-21/h3-11H,1-2H3,(H,20,22). The van der Waals surface area contributed by atoms with E-state index in [2.05, 4.69) is 15.3 Å². The zero-order valence-electron chi connectivity index (χ0n) is 13.3. The van der Waals surface area contributed by atoms with E-state index in [-0.39, 0.29) is 5.91 Å². The van der Waals surface area contributed by atoms with E-state index in [9.17, 15) is 4.79 Å². The number of aromatic nitrogens is 3. The smallest absolute Gasteiger partial charge is 0.257 e. The molecule has 2 heterocycles. The second kappa shape index (κ2) is 6.82. The Bertz CT molecular complexity index is 830. The van der Waals surface area contributed by atoms with Gasteiger partial charge in [-0.05, 0) is 24.3 Å². The Kier molecular flexibility index (Phi) is 4.42. The summed E-state index contributed by atoms with van der Waals surface area (Å²) in [5.41, 5.74) is 0.999. The van der Waals surface area contributed by atoms with Crippen molar-refractivity contribution in [2.45, 2.75) is 0 Å². The lowest BCUT2D eigenvalue weighted by Gasteiger charge is -2.11. The molecule has 0 fully saturated rings. The second-order valence-corrected chi connectivity index (χ2v) is 4.90. The number of anilines is 1. The number of hydrogen-bond acceptors (Lipinski definition) is 5. The molecule has 0 aliphatic rings. The van der Waals surface area contributed by atoms with Gasteiger partial charge in [0, 0.05) is 24.7 Å². The number of methoxy groups -OCH3 is 2. The zero-order chi connectivity index (χ0) is 16.9. The molecule has 7 heteroatoms. The van der Waals surface area contributed by atoms with Crippen molar-refractivity contribution in [3.05, 3.63) is 60.8 Å². The molecule has 0 saturated heterocycles. The summed E-state index contributed by atoms with van der Waals surface area (Å²) < 4.78 is 12.2. The molecule has 0 saturated carbocycles. The maximum Gasteiger partial charge on any atom is 0.257 e. The van der Waals surface area contributed by atoms with Gasteiger partial charge in [-0.25, -0.2) is 9.97 Å². The van der Waals surface area contributed by atoms with Crippen molar-refractivity contribution in [1.29, 1.82) is 0 Å². The molecule has 0 spiro atoms. The number of carbonyl (C=O) groups is 1. The van der Waals surface area contributed by atoms with Gasteiger partial charge in [-0.2, -0.15) is 0 Å². The number of pyridine rings is 1. The first-order valence-electron chi connectivity index (χ1n) is 7.19. The number of nitrogens with zero attached hydrogens (tertiary/aromatic N) is 3. The third-order valence-corrected chi connectivity index (χ3v) is 3.44. The maximum absolute atomic E-state index is 12.4. The summed E-state index contributed by atoms with van der Waals surface area (Å²) >= 11 is 0. The molecule has 7 nitrogen and oxygen atoms in total. The highest BCUT2D eigenvalue weighted by atomic mass is 16.5. The van der Waals surface area contributed by atoms with Gasteiger partial charge in [0.1, 0.15) is 23.6 Å². The molecule has 0 aliphatic carbocycles. The molecular formula is C17H16N4O3. The van der Waals surface area contributed by atoms with Crippen LogP contribution in [0.2, 0.25) is 0 Å². The lowest BCUT2D eigenvalue weighted by atomic mass is 10.2. The molecular weight excluding hydrogens is 308 g/mol. The Labute approximate surface area is 138 Å². The summed E-state index contributed by atoms with van der Waals surface area (Å²) in [4.78, 5) is 20.6. The van der Waals surface area contributed by atoms with Crippen molar-refractivity contribution in [3.8, 4) is 17.3 Å². The van der Waals surface area contributed by atoms with Gasteiger partial charge in [-0.15, -0.1) is 0 Å². The van der Waals surface area contributed by atoms with E-state index < -0.39 is 0 Å². The van der Waals surface area contributed by atoms with E-state index in [0.29, 0.717) is 28.6 Å². The monoisotopic (exact) mass is 324 g/mol. The minimum Gasteiger partial charge on any atom is -0.497 e. The SMILES string of the molecule is COc1ccc(NC(=O)c2ccc(-n3ccnc3)nc2)c(OC)c1. The van der Waals surface area contributed by atoms with Gasteiger partial charge in [0.25, 0.3) is 5.91 Å². The molecule has 1 N–H and O–H groups in total. The molecule has 1 amide bonds. The van der Waals surface area contributed by atoms with E-state index in [4.69, 9.17) is 9.47 Å². The highest BCUT2D eigenvalue weighted by Gasteiger charge is 2.11. The van der Waals surface area contributed by atoms with Crippen molar-refractivity contribution in [1.82, 2.24) is 14.5 Å². The van der Waals surface area contributed by atoms with Crippen LogP contribution in [0, 0.1) is 0 Å². The molecule has 0 radical (unpaired) electrons. The number of nitrogens with one attached hydrogen (secondary N) is 1. The highest BCUT2D eigenvalue weighted by Crippen LogP contribution is 2.29. The molecule has 0 aliphatic heterocycles. The fourth-order valence-electron chi connectivity index (χ4n) is 2.16. The number of hydrogen-bond donors (Lipinski definition) is 1. The number of rotatable bonds is 5. The third kappa shape index (κ3) is 3.19. The van der Waals surface area contributed by atoms with Crippen LogP contribution in [-0.4, -0.2) is 34.7 Å². The normalized spacial score (nSPS) is 10.2. The van der Waals surface area contributed by atoms with Crippen LogP contribution in [0.3, 0.4) is 0 Å². The molecule has 0 atom stereocenters. The Morgan fingerprint density at radius 3 is 2.67 bits per heavy atom. The van der Waals surface area contributed by atoms with E-state index in [1.165, 1.54) is 13.3 Å². The molecule has 24 heavy (non-hydrogen) atoms. The summed E-state index contributed by atoms with van der Waals surface area (Å²) in [7, 11) is 3.10. The molecule has 2 aromatic heterocycles. The number of amides is 1. The average Bonchev–Trinajstić information content (AvgIpc) is 3.16. The third-order valence-electron chi connectivity index (χ3n) is 3.44. The van der Waals surface area contributed by atoms with Crippen LogP contribution in [0.4, 0.5) is 5.69 Å². The Balaban J connectivity index is 1.77. The number of benzene rings is 1. The van der Waals surface area contributed by atoms with Crippen molar-refractivity contribution >= 4 is 11.6 Å². The van der Waals surface area contributed by atoms with Gasteiger partial charge in [-0.3, -0.25) is 9.36 Å². The van der Waals surface area contributed by atoms with Crippen LogP contribution in [0.5, 0.6) is 11.5 Å². The maximum atomic E-state index is 12.4. The van der Waals surface area contributed by atoms with Crippen molar-refractivity contribution in [3.63, 3.8) is 0 Å². The molecule has 0 unspecified atom stereocenters. The van der Waals surface area contributed by atoms with Crippen molar-refractivity contribution in [2.75, 3.05) is 19.5 Å². The number of ether oxygens (including phenoxy) is 2. The summed E-state index contributed by atoms with van der Waals surface area (Å²) in [6, 6.07) is 8.63. The van der Waals surface area contributed by atoms with E-state index >= 15 is 0 Å². The van der Waals surface area contributed by atoms with Crippen molar-refractivity contribution < 1.29 is 14.3 Å². The van der Waals surface area contributed by atoms with Crippen LogP contribution in [0.25, 0.3) is 5.82 Å². The van der Waals surface area contributed by atoms with Gasteiger partial charge >= 0.3 is 0 Å². The van der Waals surface area contributed by atoms with Gasteiger partial charge in [0.05, 0.1) is 25.5 Å². The first-order valence-corrected chi connectivity index (χ1v) is 7.19. The van der Waals surface area contributed by atoms with Crippen LogP contribution in [0.15, 0.2) is 55.2 Å². The highest BCUT2D eigenvalue weighted by molar-refractivity contribution is 6.04. The second-order valence-electron chi connectivity index (χ2n) is 4.90. The Morgan fingerprint density at radius 1 is 1.17 bits per heavy atom. The van der Waals surface area contributed by atoms with E-state index in [0.717, 1.165) is 0 Å². The summed E-state index contributed by atoms with van der Waals surface area (Å²) in [5, 5.41) is 2.80. The van der Waals surface area contributed by atoms with Crippen LogP contribution < -0.4 is 14.8 Å². The first-order chi connectivity index (χ1) is 11.7. The average molecular weight is 324 g/mol. The first kappa shape index (κ1) is 15.5. The fourth-order valence-corrected chi connectivity index (χ4v) is 2.16. The molecule has 122 valence electrons. The predicted molar refractivity (Wildman–Crippen MR) is 88.9 cm³/mol. The van der Waals surface area contributed by atoms with Crippen LogP contribution >= 0.6 is 0 Å². The van der Waals surface area contributed by atoms with Crippen LogP contribution in [-0.2, 0) is 0 Å². The lowest BCUT2D eigenvalue weighted by molar-refractivity contribution is 0.102. The topological polar surface area (TPSA) is 78.3 Å². The van der Waals surface area contributed by atoms with Gasteiger partial charge in [0.2, 0.25) is 0 Å². The van der Waals surface area contributed by atoms with Gasteiger partial charge < -0.3 is 14.8 Å². The number of carbonyl (C=O) groups excluding carboxylic acids is 1. The Morgan fingerprint density at radius 2 is 2.04 bits per heavy atom. The largest absolute Gasteiger partial charge is 0.497 e. The molecule has 0 bridgehead atoms. The summed E-state index contributed by atoms with van der Waals surface area (Å²) in [6.07, 6.45) is 6.60. The predicted octanol–water partition coefficient (Wildman–Crippen LogP) is 2.54. The van der Waals surface area contributed by atoms with E-state index in [1.54, 1.807) is 60.7 Å². The van der Waals surface area contributed by atoms with E-state index in [1.807, 2.05) is 0 Å². The zero-order valence-corrected chi connectivity index (χ0v) is 13.3. The fraction of sp³-hybridized carbons (Fsp3) is 0.118. The lowest BCUT2D eigenvalue weighted by Crippen LogP contribution is -2.13. The summed E-state index contributed by atoms with van der Waals surface area (Å²) in [6.45, 7) is 0. The molecule has 1 aromatic carbocycles.